The second-order valence-electron chi connectivity index (χ2n) is 3.39. The zero-order chi connectivity index (χ0) is 12.0. The molecule has 86 valence electrons. The molecule has 1 aromatic rings. The summed E-state index contributed by atoms with van der Waals surface area (Å²) >= 11 is 0. The standard InChI is InChI=1S/C12H18N4/c1-5-7-16(8-6-2)12-9-11(13-4)14-10(3)15-12/h5-6,9H,1-2,7-8H2,3-4H3,(H,13,14,15). The van der Waals surface area contributed by atoms with Crippen molar-refractivity contribution in [1.29, 1.82) is 0 Å². The Hall–Kier alpha value is -1.84. The van der Waals surface area contributed by atoms with Crippen LogP contribution in [0.5, 0.6) is 0 Å². The predicted molar refractivity (Wildman–Crippen MR) is 68.9 cm³/mol. The Bertz CT molecular complexity index is 363. The number of nitrogens with zero attached hydrogens (tertiary/aromatic N) is 3. The van der Waals surface area contributed by atoms with Crippen LogP contribution >= 0.6 is 0 Å². The fourth-order valence-corrected chi connectivity index (χ4v) is 1.42. The molecule has 0 aliphatic heterocycles. The van der Waals surface area contributed by atoms with Gasteiger partial charge in [-0.1, -0.05) is 12.2 Å². The van der Waals surface area contributed by atoms with Crippen LogP contribution in [0.15, 0.2) is 31.4 Å². The van der Waals surface area contributed by atoms with Crippen LogP contribution in [-0.2, 0) is 0 Å². The molecule has 0 radical (unpaired) electrons. The Labute approximate surface area is 96.7 Å². The van der Waals surface area contributed by atoms with E-state index in [-0.39, 0.29) is 0 Å². The molecule has 0 saturated carbocycles. The van der Waals surface area contributed by atoms with Gasteiger partial charge in [-0.2, -0.15) is 0 Å². The molecular weight excluding hydrogens is 200 g/mol. The van der Waals surface area contributed by atoms with E-state index in [1.807, 2.05) is 32.2 Å². The van der Waals surface area contributed by atoms with Gasteiger partial charge >= 0.3 is 0 Å². The summed E-state index contributed by atoms with van der Waals surface area (Å²) in [5.41, 5.74) is 0. The highest BCUT2D eigenvalue weighted by molar-refractivity contribution is 5.49. The molecule has 0 spiro atoms. The first kappa shape index (κ1) is 12.2. The highest BCUT2D eigenvalue weighted by Crippen LogP contribution is 2.15. The van der Waals surface area contributed by atoms with Gasteiger partial charge in [-0.3, -0.25) is 0 Å². The van der Waals surface area contributed by atoms with Gasteiger partial charge < -0.3 is 10.2 Å². The monoisotopic (exact) mass is 218 g/mol. The topological polar surface area (TPSA) is 41.0 Å². The van der Waals surface area contributed by atoms with Crippen LogP contribution in [0.2, 0.25) is 0 Å². The third-order valence-corrected chi connectivity index (χ3v) is 2.10. The van der Waals surface area contributed by atoms with E-state index in [1.54, 1.807) is 0 Å². The lowest BCUT2D eigenvalue weighted by molar-refractivity contribution is 0.902. The minimum Gasteiger partial charge on any atom is -0.373 e. The van der Waals surface area contributed by atoms with Crippen LogP contribution in [0.4, 0.5) is 11.6 Å². The zero-order valence-corrected chi connectivity index (χ0v) is 9.90. The van der Waals surface area contributed by atoms with Gasteiger partial charge in [0, 0.05) is 26.2 Å². The molecule has 4 nitrogen and oxygen atoms in total. The summed E-state index contributed by atoms with van der Waals surface area (Å²) in [6.45, 7) is 10.8. The van der Waals surface area contributed by atoms with Gasteiger partial charge in [-0.15, -0.1) is 13.2 Å². The van der Waals surface area contributed by atoms with Crippen molar-refractivity contribution in [2.45, 2.75) is 6.92 Å². The van der Waals surface area contributed by atoms with E-state index in [0.29, 0.717) is 0 Å². The summed E-state index contributed by atoms with van der Waals surface area (Å²) in [4.78, 5) is 10.7. The summed E-state index contributed by atoms with van der Waals surface area (Å²) in [5.74, 6) is 2.46. The van der Waals surface area contributed by atoms with Crippen LogP contribution in [0.1, 0.15) is 5.82 Å². The molecule has 0 atom stereocenters. The lowest BCUT2D eigenvalue weighted by Gasteiger charge is -2.21. The largest absolute Gasteiger partial charge is 0.373 e. The third kappa shape index (κ3) is 3.08. The van der Waals surface area contributed by atoms with Crippen LogP contribution in [0.3, 0.4) is 0 Å². The van der Waals surface area contributed by atoms with Gasteiger partial charge in [-0.05, 0) is 6.92 Å². The summed E-state index contributed by atoms with van der Waals surface area (Å²) in [6.07, 6.45) is 3.69. The molecule has 0 amide bonds. The van der Waals surface area contributed by atoms with E-state index in [2.05, 4.69) is 33.3 Å². The molecule has 1 N–H and O–H groups in total. The van der Waals surface area contributed by atoms with Crippen molar-refractivity contribution in [3.8, 4) is 0 Å². The van der Waals surface area contributed by atoms with E-state index in [9.17, 15) is 0 Å². The Morgan fingerprint density at radius 3 is 2.44 bits per heavy atom. The Morgan fingerprint density at radius 1 is 1.31 bits per heavy atom. The fraction of sp³-hybridized carbons (Fsp3) is 0.333. The number of aryl methyl sites for hydroxylation is 1. The number of hydrogen-bond donors (Lipinski definition) is 1. The van der Waals surface area contributed by atoms with Gasteiger partial charge in [0.1, 0.15) is 17.5 Å². The molecule has 0 saturated heterocycles. The average molecular weight is 218 g/mol. The minimum atomic E-state index is 0.742. The second kappa shape index (κ2) is 5.90. The SMILES string of the molecule is C=CCN(CC=C)c1cc(NC)nc(C)n1. The molecule has 0 aliphatic rings. The van der Waals surface area contributed by atoms with Crippen molar-refractivity contribution in [1.82, 2.24) is 9.97 Å². The lowest BCUT2D eigenvalue weighted by atomic mass is 10.4. The number of nitrogens with one attached hydrogen (secondary N) is 1. The summed E-state index contributed by atoms with van der Waals surface area (Å²) in [7, 11) is 1.84. The van der Waals surface area contributed by atoms with Crippen LogP contribution in [0, 0.1) is 6.92 Å². The molecule has 0 fully saturated rings. The summed E-state index contributed by atoms with van der Waals surface area (Å²) in [6, 6.07) is 1.92. The van der Waals surface area contributed by atoms with E-state index >= 15 is 0 Å². The first-order valence-electron chi connectivity index (χ1n) is 5.21. The zero-order valence-electron chi connectivity index (χ0n) is 9.90. The maximum atomic E-state index is 4.40. The summed E-state index contributed by atoms with van der Waals surface area (Å²) < 4.78 is 0. The van der Waals surface area contributed by atoms with E-state index in [4.69, 9.17) is 0 Å². The first-order valence-corrected chi connectivity index (χ1v) is 5.21. The van der Waals surface area contributed by atoms with Gasteiger partial charge in [-0.25, -0.2) is 9.97 Å². The number of hydrogen-bond acceptors (Lipinski definition) is 4. The summed E-state index contributed by atoms with van der Waals surface area (Å²) in [5, 5.41) is 3.02. The molecule has 4 heteroatoms. The van der Waals surface area contributed by atoms with Crippen molar-refractivity contribution in [3.05, 3.63) is 37.2 Å². The van der Waals surface area contributed by atoms with Crippen LogP contribution < -0.4 is 10.2 Å². The molecule has 1 rings (SSSR count). The van der Waals surface area contributed by atoms with Crippen molar-refractivity contribution in [3.63, 3.8) is 0 Å². The molecule has 16 heavy (non-hydrogen) atoms. The molecule has 1 heterocycles. The number of anilines is 2. The van der Waals surface area contributed by atoms with E-state index < -0.39 is 0 Å². The maximum absolute atomic E-state index is 4.40. The van der Waals surface area contributed by atoms with Crippen molar-refractivity contribution in [2.75, 3.05) is 30.4 Å². The molecular formula is C12H18N4. The van der Waals surface area contributed by atoms with E-state index in [0.717, 1.165) is 30.5 Å². The van der Waals surface area contributed by atoms with Gasteiger partial charge in [0.25, 0.3) is 0 Å². The smallest absolute Gasteiger partial charge is 0.134 e. The predicted octanol–water partition coefficient (Wildman–Crippen LogP) is 2.01. The second-order valence-corrected chi connectivity index (χ2v) is 3.39. The first-order chi connectivity index (χ1) is 7.71. The molecule has 0 aromatic carbocycles. The Kier molecular flexibility index (Phi) is 4.51. The number of rotatable bonds is 6. The minimum absolute atomic E-state index is 0.742. The highest BCUT2D eigenvalue weighted by atomic mass is 15.2. The van der Waals surface area contributed by atoms with Crippen molar-refractivity contribution in [2.24, 2.45) is 0 Å². The lowest BCUT2D eigenvalue weighted by Crippen LogP contribution is -2.24. The Balaban J connectivity index is 3.01. The number of aromatic nitrogens is 2. The van der Waals surface area contributed by atoms with Crippen molar-refractivity contribution >= 4 is 11.6 Å². The maximum Gasteiger partial charge on any atom is 0.134 e. The van der Waals surface area contributed by atoms with Crippen LogP contribution in [0.25, 0.3) is 0 Å². The molecule has 0 aliphatic carbocycles. The van der Waals surface area contributed by atoms with Crippen molar-refractivity contribution < 1.29 is 0 Å². The normalized spacial score (nSPS) is 9.62. The molecule has 0 bridgehead atoms. The molecule has 1 aromatic heterocycles. The van der Waals surface area contributed by atoms with Crippen LogP contribution in [-0.4, -0.2) is 30.1 Å². The van der Waals surface area contributed by atoms with Gasteiger partial charge in [0.2, 0.25) is 0 Å². The Morgan fingerprint density at radius 2 is 1.94 bits per heavy atom. The highest BCUT2D eigenvalue weighted by Gasteiger charge is 2.07. The average Bonchev–Trinajstić information content (AvgIpc) is 2.28. The third-order valence-electron chi connectivity index (χ3n) is 2.10. The quantitative estimate of drug-likeness (QED) is 0.741. The fourth-order valence-electron chi connectivity index (χ4n) is 1.42. The van der Waals surface area contributed by atoms with Gasteiger partial charge in [0.05, 0.1) is 0 Å². The van der Waals surface area contributed by atoms with Gasteiger partial charge in [0.15, 0.2) is 0 Å². The molecule has 0 unspecified atom stereocenters. The van der Waals surface area contributed by atoms with E-state index in [1.165, 1.54) is 0 Å².